The molecule has 0 aromatic carbocycles. The number of hydrogen-bond donors (Lipinski definition) is 0. The lowest BCUT2D eigenvalue weighted by molar-refractivity contribution is -0.870. The Morgan fingerprint density at radius 2 is 1.02 bits per heavy atom. The maximum Gasteiger partial charge on any atom is 0.306 e. The molecule has 0 rings (SSSR count). The number of likely N-dealkylation sites (N-methyl/N-ethyl adjacent to an activating group) is 1. The van der Waals surface area contributed by atoms with Crippen molar-refractivity contribution in [3.05, 3.63) is 72.9 Å². The van der Waals surface area contributed by atoms with Gasteiger partial charge in [0.2, 0.25) is 0 Å². The van der Waals surface area contributed by atoms with Gasteiger partial charge in [0.05, 0.1) is 41.0 Å². The molecule has 0 aromatic rings. The van der Waals surface area contributed by atoms with Gasteiger partial charge >= 0.3 is 5.97 Å². The van der Waals surface area contributed by atoms with Crippen molar-refractivity contribution in [2.75, 3.05) is 54.1 Å². The Bertz CT molecular complexity index is 1140. The van der Waals surface area contributed by atoms with Crippen LogP contribution in [0.2, 0.25) is 0 Å². The van der Waals surface area contributed by atoms with Crippen LogP contribution in [0, 0.1) is 0 Å². The Morgan fingerprint density at radius 1 is 0.561 bits per heavy atom. The number of carbonyl (C=O) groups is 1. The fraction of sp³-hybridized carbons (Fsp3) is 0.729. The second-order valence-corrected chi connectivity index (χ2v) is 17.4. The monoisotopic (exact) mass is 820 g/mol. The zero-order chi connectivity index (χ0) is 42.0. The number of phosphoric acid groups is 1. The maximum absolute atomic E-state index is 12.7. The van der Waals surface area contributed by atoms with Crippen LogP contribution in [-0.4, -0.2) is 70.7 Å². The van der Waals surface area contributed by atoms with Gasteiger partial charge in [-0.2, -0.15) is 0 Å². The molecule has 0 amide bonds. The number of unbranched alkanes of at least 4 members (excludes halogenated alkanes) is 15. The molecule has 0 fully saturated rings. The number of phosphoric ester groups is 1. The van der Waals surface area contributed by atoms with Crippen LogP contribution in [0.3, 0.4) is 0 Å². The summed E-state index contributed by atoms with van der Waals surface area (Å²) in [7, 11) is 1.30. The van der Waals surface area contributed by atoms with Crippen molar-refractivity contribution < 1.29 is 37.3 Å². The third kappa shape index (κ3) is 44.9. The summed E-state index contributed by atoms with van der Waals surface area (Å²) in [6.45, 7) is 5.05. The van der Waals surface area contributed by atoms with Gasteiger partial charge in [0, 0.05) is 6.42 Å². The van der Waals surface area contributed by atoms with Gasteiger partial charge in [0.1, 0.15) is 19.3 Å². The topological polar surface area (TPSA) is 94.1 Å². The van der Waals surface area contributed by atoms with Gasteiger partial charge in [-0.3, -0.25) is 9.36 Å². The number of nitrogens with zero attached hydrogens (tertiary/aromatic N) is 1. The molecular formula is C48H86NO7P. The van der Waals surface area contributed by atoms with E-state index in [1.54, 1.807) is 0 Å². The SMILES string of the molecule is CC/C=C\C/C=C\C/C=C\C/C=C\C/C=C\CCOCC(COP(=O)([O-])OCC[N+](C)(C)C)OC(=O)CCCCCCCCCCC/C=C\CCCCCCCC. The lowest BCUT2D eigenvalue weighted by Crippen LogP contribution is -2.37. The smallest absolute Gasteiger partial charge is 0.306 e. The first-order valence-corrected chi connectivity index (χ1v) is 24.1. The van der Waals surface area contributed by atoms with Crippen molar-refractivity contribution in [1.29, 1.82) is 0 Å². The summed E-state index contributed by atoms with van der Waals surface area (Å²) in [6, 6.07) is 0. The number of ether oxygens (including phenoxy) is 2. The fourth-order valence-electron chi connectivity index (χ4n) is 5.78. The molecular weight excluding hydrogens is 734 g/mol. The van der Waals surface area contributed by atoms with Gasteiger partial charge in [-0.1, -0.05) is 164 Å². The van der Waals surface area contributed by atoms with Gasteiger partial charge in [-0.05, 0) is 70.6 Å². The van der Waals surface area contributed by atoms with E-state index in [9.17, 15) is 14.3 Å². The highest BCUT2D eigenvalue weighted by Gasteiger charge is 2.20. The van der Waals surface area contributed by atoms with Crippen LogP contribution in [-0.2, 0) is 27.9 Å². The van der Waals surface area contributed by atoms with E-state index in [1.807, 2.05) is 21.1 Å². The minimum absolute atomic E-state index is 0.00940. The van der Waals surface area contributed by atoms with Gasteiger partial charge in [-0.15, -0.1) is 0 Å². The van der Waals surface area contributed by atoms with Gasteiger partial charge in [0.15, 0.2) is 0 Å². The predicted octanol–water partition coefficient (Wildman–Crippen LogP) is 12.9. The van der Waals surface area contributed by atoms with Crippen molar-refractivity contribution >= 4 is 13.8 Å². The zero-order valence-corrected chi connectivity index (χ0v) is 38.2. The van der Waals surface area contributed by atoms with E-state index >= 15 is 0 Å². The highest BCUT2D eigenvalue weighted by molar-refractivity contribution is 7.45. The fourth-order valence-corrected chi connectivity index (χ4v) is 6.51. The number of esters is 1. The zero-order valence-electron chi connectivity index (χ0n) is 37.3. The van der Waals surface area contributed by atoms with Crippen LogP contribution >= 0.6 is 7.82 Å². The predicted molar refractivity (Wildman–Crippen MR) is 240 cm³/mol. The largest absolute Gasteiger partial charge is 0.756 e. The molecule has 0 bridgehead atoms. The quantitative estimate of drug-likeness (QED) is 0.0199. The van der Waals surface area contributed by atoms with E-state index in [4.69, 9.17) is 18.5 Å². The van der Waals surface area contributed by atoms with Gasteiger partial charge in [-0.25, -0.2) is 0 Å². The number of allylic oxidation sites excluding steroid dienone is 11. The van der Waals surface area contributed by atoms with Gasteiger partial charge < -0.3 is 27.9 Å². The van der Waals surface area contributed by atoms with E-state index in [0.29, 0.717) is 24.1 Å². The molecule has 0 saturated carbocycles. The average Bonchev–Trinajstić information content (AvgIpc) is 3.16. The van der Waals surface area contributed by atoms with Crippen LogP contribution in [0.25, 0.3) is 0 Å². The molecule has 0 aliphatic carbocycles. The molecule has 0 saturated heterocycles. The minimum Gasteiger partial charge on any atom is -0.756 e. The molecule has 8 nitrogen and oxygen atoms in total. The molecule has 2 atom stereocenters. The van der Waals surface area contributed by atoms with Crippen molar-refractivity contribution in [2.45, 2.75) is 174 Å². The van der Waals surface area contributed by atoms with Crippen LogP contribution in [0.4, 0.5) is 0 Å². The molecule has 0 heterocycles. The van der Waals surface area contributed by atoms with E-state index < -0.39 is 13.9 Å². The molecule has 0 spiro atoms. The van der Waals surface area contributed by atoms with Crippen molar-refractivity contribution in [3.63, 3.8) is 0 Å². The minimum atomic E-state index is -4.55. The second-order valence-electron chi connectivity index (χ2n) is 16.0. The molecule has 0 aromatic heterocycles. The summed E-state index contributed by atoms with van der Waals surface area (Å²) in [4.78, 5) is 25.1. The molecule has 330 valence electrons. The molecule has 57 heavy (non-hydrogen) atoms. The summed E-state index contributed by atoms with van der Waals surface area (Å²) < 4.78 is 34.5. The van der Waals surface area contributed by atoms with E-state index in [0.717, 1.165) is 51.4 Å². The summed E-state index contributed by atoms with van der Waals surface area (Å²) in [5.41, 5.74) is 0. The maximum atomic E-state index is 12.7. The van der Waals surface area contributed by atoms with Crippen molar-refractivity contribution in [1.82, 2.24) is 0 Å². The lowest BCUT2D eigenvalue weighted by Gasteiger charge is -2.28. The van der Waals surface area contributed by atoms with Crippen LogP contribution in [0.15, 0.2) is 72.9 Å². The Balaban J connectivity index is 4.32. The summed E-state index contributed by atoms with van der Waals surface area (Å²) >= 11 is 0. The third-order valence-corrected chi connectivity index (χ3v) is 10.2. The Morgan fingerprint density at radius 3 is 1.53 bits per heavy atom. The second kappa shape index (κ2) is 40.7. The summed E-state index contributed by atoms with van der Waals surface area (Å²) in [6.07, 6.45) is 52.3. The van der Waals surface area contributed by atoms with E-state index in [-0.39, 0.29) is 32.2 Å². The Kier molecular flexibility index (Phi) is 39.2. The van der Waals surface area contributed by atoms with Crippen LogP contribution < -0.4 is 4.89 Å². The first-order chi connectivity index (χ1) is 27.6. The molecule has 0 aliphatic heterocycles. The summed E-state index contributed by atoms with van der Waals surface area (Å²) in [5, 5.41) is 0. The Hall–Kier alpha value is -2.06. The number of quaternary nitrogens is 1. The molecule has 2 unspecified atom stereocenters. The lowest BCUT2D eigenvalue weighted by atomic mass is 10.1. The van der Waals surface area contributed by atoms with Crippen LogP contribution in [0.1, 0.15) is 168 Å². The molecule has 0 N–H and O–H groups in total. The standard InChI is InChI=1S/C48H86NO7P/c1-6-8-10-12-14-16-18-20-22-24-25-26-27-29-31-33-35-37-39-41-48(50)56-47(46-55-57(51,52)54-44-42-49(3,4)5)45-53-43-40-38-36-34-32-30-28-23-21-19-17-15-13-11-9-7-2/h9,11,15,17,20-23,30,32,36,38,47H,6-8,10,12-14,16,18-19,24-29,31,33-35,37,39-46H2,1-5H3/b11-9-,17-15-,22-20-,23-21-,32-30-,38-36-. The van der Waals surface area contributed by atoms with Crippen molar-refractivity contribution in [2.24, 2.45) is 0 Å². The third-order valence-electron chi connectivity index (χ3n) is 9.26. The first-order valence-electron chi connectivity index (χ1n) is 22.7. The Labute approximate surface area is 351 Å². The van der Waals surface area contributed by atoms with E-state index in [1.165, 1.54) is 89.9 Å². The average molecular weight is 820 g/mol. The molecule has 0 radical (unpaired) electrons. The molecule has 0 aliphatic rings. The van der Waals surface area contributed by atoms with E-state index in [2.05, 4.69) is 86.8 Å². The number of hydrogen-bond acceptors (Lipinski definition) is 7. The summed E-state index contributed by atoms with van der Waals surface area (Å²) in [5.74, 6) is -0.363. The highest BCUT2D eigenvalue weighted by atomic mass is 31.2. The number of carbonyl (C=O) groups excluding carboxylic acids is 1. The molecule has 9 heteroatoms. The van der Waals surface area contributed by atoms with Crippen molar-refractivity contribution in [3.8, 4) is 0 Å². The first kappa shape index (κ1) is 54.9. The number of rotatable bonds is 41. The van der Waals surface area contributed by atoms with Crippen LogP contribution in [0.5, 0.6) is 0 Å². The van der Waals surface area contributed by atoms with Gasteiger partial charge in [0.25, 0.3) is 7.82 Å². The normalized spacial score (nSPS) is 14.4. The highest BCUT2D eigenvalue weighted by Crippen LogP contribution is 2.38.